The molecule has 0 unspecified atom stereocenters. The Bertz CT molecular complexity index is 1070. The number of halogens is 2. The second-order valence-electron chi connectivity index (χ2n) is 8.75. The molecule has 1 aliphatic rings. The zero-order valence-electron chi connectivity index (χ0n) is 19.3. The lowest BCUT2D eigenvalue weighted by atomic mass is 9.91. The third-order valence-corrected chi connectivity index (χ3v) is 6.97. The van der Waals surface area contributed by atoms with Gasteiger partial charge in [-0.1, -0.05) is 39.7 Å². The van der Waals surface area contributed by atoms with Crippen molar-refractivity contribution in [3.05, 3.63) is 87.4 Å². The van der Waals surface area contributed by atoms with E-state index < -0.39 is 5.60 Å². The van der Waals surface area contributed by atoms with E-state index in [1.165, 1.54) is 0 Å². The highest BCUT2D eigenvalue weighted by atomic mass is 79.9. The van der Waals surface area contributed by atoms with Crippen LogP contribution in [0.2, 0.25) is 5.02 Å². The lowest BCUT2D eigenvalue weighted by Gasteiger charge is -2.38. The highest BCUT2D eigenvalue weighted by molar-refractivity contribution is 9.10. The number of nitrogens with one attached hydrogen (secondary N) is 1. The number of anilines is 1. The van der Waals surface area contributed by atoms with Gasteiger partial charge >= 0.3 is 0 Å². The summed E-state index contributed by atoms with van der Waals surface area (Å²) in [5, 5.41) is 15.2. The molecule has 1 aliphatic heterocycles. The highest BCUT2D eigenvalue weighted by Gasteiger charge is 2.32. The van der Waals surface area contributed by atoms with Crippen LogP contribution in [0.15, 0.2) is 71.2 Å². The summed E-state index contributed by atoms with van der Waals surface area (Å²) in [6.45, 7) is 3.44. The number of hydrogen-bond donors (Lipinski definition) is 2. The van der Waals surface area contributed by atoms with Gasteiger partial charge in [0.25, 0.3) is 0 Å². The van der Waals surface area contributed by atoms with E-state index in [2.05, 4.69) is 32.2 Å². The Morgan fingerprint density at radius 1 is 1.03 bits per heavy atom. The predicted octanol–water partition coefficient (Wildman–Crippen LogP) is 6.13. The van der Waals surface area contributed by atoms with Crippen LogP contribution in [0, 0.1) is 0 Å². The molecule has 1 heterocycles. The summed E-state index contributed by atoms with van der Waals surface area (Å²) in [5.74, 6) is 1.70. The molecule has 5 nitrogen and oxygen atoms in total. The Morgan fingerprint density at radius 3 is 2.41 bits per heavy atom. The number of likely N-dealkylation sites (tertiary alicyclic amines) is 1. The molecular weight excluding hydrogens is 516 g/mol. The summed E-state index contributed by atoms with van der Waals surface area (Å²) in [7, 11) is 1.65. The van der Waals surface area contributed by atoms with Gasteiger partial charge in [-0.05, 0) is 73.0 Å². The van der Waals surface area contributed by atoms with E-state index in [0.717, 1.165) is 57.4 Å². The molecule has 1 saturated heterocycles. The normalized spacial score (nSPS) is 15.6. The van der Waals surface area contributed by atoms with Crippen molar-refractivity contribution in [2.75, 3.05) is 32.1 Å². The summed E-state index contributed by atoms with van der Waals surface area (Å²) in [5.41, 5.74) is 2.46. The van der Waals surface area contributed by atoms with Crippen molar-refractivity contribution in [3.8, 4) is 11.5 Å². The minimum absolute atomic E-state index is 0.489. The first-order valence-electron chi connectivity index (χ1n) is 11.4. The summed E-state index contributed by atoms with van der Waals surface area (Å²) in [6.07, 6.45) is 1.43. The van der Waals surface area contributed by atoms with Crippen molar-refractivity contribution in [2.24, 2.45) is 0 Å². The van der Waals surface area contributed by atoms with E-state index in [4.69, 9.17) is 21.1 Å². The number of rotatable bonds is 9. The first-order chi connectivity index (χ1) is 16.4. The second kappa shape index (κ2) is 11.5. The van der Waals surface area contributed by atoms with Gasteiger partial charge < -0.3 is 19.9 Å². The molecule has 0 bridgehead atoms. The average molecular weight is 546 g/mol. The van der Waals surface area contributed by atoms with Crippen molar-refractivity contribution < 1.29 is 14.6 Å². The molecule has 3 aromatic rings. The van der Waals surface area contributed by atoms with E-state index in [1.54, 1.807) is 7.11 Å². The second-order valence-corrected chi connectivity index (χ2v) is 10.1. The monoisotopic (exact) mass is 544 g/mol. The summed E-state index contributed by atoms with van der Waals surface area (Å²) in [6, 6.07) is 21.6. The molecular formula is C27H30BrClN2O3. The van der Waals surface area contributed by atoms with Crippen LogP contribution in [0.4, 0.5) is 5.69 Å². The summed E-state index contributed by atoms with van der Waals surface area (Å²) >= 11 is 9.57. The number of piperidine rings is 1. The van der Waals surface area contributed by atoms with Crippen molar-refractivity contribution in [1.82, 2.24) is 4.90 Å². The van der Waals surface area contributed by atoms with Gasteiger partial charge in [0.1, 0.15) is 18.1 Å². The zero-order valence-corrected chi connectivity index (χ0v) is 21.6. The standard InChI is InChI=1S/C27H30BrClN2O3/c1-33-25-9-7-24(8-10-25)30-19-27(32)12-14-31(15-13-27)17-21-16-22(28)4-11-26(21)34-18-20-2-5-23(29)6-3-20/h2-11,16,30,32H,12-15,17-19H2,1H3. The maximum absolute atomic E-state index is 11.1. The molecule has 4 rings (SSSR count). The third-order valence-electron chi connectivity index (χ3n) is 6.22. The molecule has 0 aromatic heterocycles. The lowest BCUT2D eigenvalue weighted by Crippen LogP contribution is -2.48. The van der Waals surface area contributed by atoms with Crippen LogP contribution >= 0.6 is 27.5 Å². The van der Waals surface area contributed by atoms with E-state index in [9.17, 15) is 5.11 Å². The van der Waals surface area contributed by atoms with Gasteiger partial charge in [-0.25, -0.2) is 0 Å². The van der Waals surface area contributed by atoms with E-state index in [1.807, 2.05) is 60.7 Å². The molecule has 0 aliphatic carbocycles. The van der Waals surface area contributed by atoms with Gasteiger partial charge in [-0.15, -0.1) is 0 Å². The van der Waals surface area contributed by atoms with Gasteiger partial charge in [0.2, 0.25) is 0 Å². The van der Waals surface area contributed by atoms with Gasteiger partial charge in [0.15, 0.2) is 0 Å². The zero-order chi connectivity index (χ0) is 24.0. The molecule has 1 fully saturated rings. The summed E-state index contributed by atoms with van der Waals surface area (Å²) in [4.78, 5) is 2.37. The van der Waals surface area contributed by atoms with E-state index in [0.29, 0.717) is 26.0 Å². The molecule has 0 atom stereocenters. The first-order valence-corrected chi connectivity index (χ1v) is 12.6. The van der Waals surface area contributed by atoms with Crippen molar-refractivity contribution in [2.45, 2.75) is 31.6 Å². The van der Waals surface area contributed by atoms with Crippen LogP contribution in [0.1, 0.15) is 24.0 Å². The number of methoxy groups -OCH3 is 1. The quantitative estimate of drug-likeness (QED) is 0.339. The average Bonchev–Trinajstić information content (AvgIpc) is 2.85. The maximum Gasteiger partial charge on any atom is 0.124 e. The number of hydrogen-bond acceptors (Lipinski definition) is 5. The largest absolute Gasteiger partial charge is 0.497 e. The van der Waals surface area contributed by atoms with E-state index >= 15 is 0 Å². The van der Waals surface area contributed by atoms with Crippen molar-refractivity contribution in [1.29, 1.82) is 0 Å². The molecule has 0 saturated carbocycles. The number of nitrogens with zero attached hydrogens (tertiary/aromatic N) is 1. The Balaban J connectivity index is 1.31. The molecule has 7 heteroatoms. The molecule has 2 N–H and O–H groups in total. The van der Waals surface area contributed by atoms with Gasteiger partial charge in [0.05, 0.1) is 12.7 Å². The minimum Gasteiger partial charge on any atom is -0.497 e. The van der Waals surface area contributed by atoms with Gasteiger partial charge in [-0.2, -0.15) is 0 Å². The van der Waals surface area contributed by atoms with Crippen LogP contribution in [0.25, 0.3) is 0 Å². The lowest BCUT2D eigenvalue weighted by molar-refractivity contribution is -0.0122. The fraction of sp³-hybridized carbons (Fsp3) is 0.333. The fourth-order valence-electron chi connectivity index (χ4n) is 4.07. The van der Waals surface area contributed by atoms with Crippen LogP contribution in [-0.4, -0.2) is 42.4 Å². The Hall–Kier alpha value is -2.25. The number of ether oxygens (including phenoxy) is 2. The van der Waals surface area contributed by atoms with Crippen molar-refractivity contribution >= 4 is 33.2 Å². The van der Waals surface area contributed by atoms with E-state index in [-0.39, 0.29) is 0 Å². The molecule has 0 amide bonds. The SMILES string of the molecule is COc1ccc(NCC2(O)CCN(Cc3cc(Br)ccc3OCc3ccc(Cl)cc3)CC2)cc1. The Kier molecular flexibility index (Phi) is 8.37. The smallest absolute Gasteiger partial charge is 0.124 e. The minimum atomic E-state index is -0.721. The van der Waals surface area contributed by atoms with Gasteiger partial charge in [-0.3, -0.25) is 4.90 Å². The molecule has 0 radical (unpaired) electrons. The van der Waals surface area contributed by atoms with Crippen LogP contribution < -0.4 is 14.8 Å². The number of aliphatic hydroxyl groups is 1. The topological polar surface area (TPSA) is 54.0 Å². The third kappa shape index (κ3) is 6.89. The van der Waals surface area contributed by atoms with Crippen molar-refractivity contribution in [3.63, 3.8) is 0 Å². The molecule has 180 valence electrons. The molecule has 3 aromatic carbocycles. The van der Waals surface area contributed by atoms with Crippen LogP contribution in [0.5, 0.6) is 11.5 Å². The molecule has 34 heavy (non-hydrogen) atoms. The maximum atomic E-state index is 11.1. The first kappa shape index (κ1) is 24.9. The molecule has 0 spiro atoms. The Morgan fingerprint density at radius 2 is 1.74 bits per heavy atom. The number of benzene rings is 3. The summed E-state index contributed by atoms with van der Waals surface area (Å²) < 4.78 is 12.4. The van der Waals surface area contributed by atoms with Gasteiger partial charge in [0, 0.05) is 46.9 Å². The van der Waals surface area contributed by atoms with Crippen LogP contribution in [0.3, 0.4) is 0 Å². The Labute approximate surface area is 214 Å². The van der Waals surface area contributed by atoms with Crippen LogP contribution in [-0.2, 0) is 13.2 Å². The highest BCUT2D eigenvalue weighted by Crippen LogP contribution is 2.29. The fourth-order valence-corrected chi connectivity index (χ4v) is 4.61. The predicted molar refractivity (Wildman–Crippen MR) is 141 cm³/mol.